The quantitative estimate of drug-likeness (QED) is 0.849. The number of carbonyl (C=O) groups excluding carboxylic acids is 1. The second kappa shape index (κ2) is 6.62. The maximum Gasteiger partial charge on any atom is 0.227 e. The predicted molar refractivity (Wildman–Crippen MR) is 85.9 cm³/mol. The fourth-order valence-electron chi connectivity index (χ4n) is 3.03. The zero-order chi connectivity index (χ0) is 15.5. The smallest absolute Gasteiger partial charge is 0.227 e. The largest absolute Gasteiger partial charge is 0.379 e. The van der Waals surface area contributed by atoms with E-state index in [1.165, 1.54) is 5.56 Å². The summed E-state index contributed by atoms with van der Waals surface area (Å²) in [6, 6.07) is 1.97. The molecule has 0 saturated carbocycles. The van der Waals surface area contributed by atoms with Crippen LogP contribution in [0, 0.1) is 0 Å². The molecule has 118 valence electrons. The number of fused-ring (bicyclic) bond motifs is 1. The Bertz CT molecular complexity index is 636. The van der Waals surface area contributed by atoms with Crippen molar-refractivity contribution in [3.8, 4) is 0 Å². The number of aryl methyl sites for hydroxylation is 1. The van der Waals surface area contributed by atoms with Gasteiger partial charge in [-0.05, 0) is 41.3 Å². The van der Waals surface area contributed by atoms with Gasteiger partial charge in [0.2, 0.25) is 5.91 Å². The van der Waals surface area contributed by atoms with Crippen LogP contribution in [0.25, 0.3) is 0 Å². The fraction of sp³-hybridized carbons (Fsp3) is 0.500. The van der Waals surface area contributed by atoms with Crippen molar-refractivity contribution < 1.29 is 9.53 Å². The molecule has 1 amide bonds. The van der Waals surface area contributed by atoms with Crippen molar-refractivity contribution in [3.63, 3.8) is 0 Å². The monoisotopic (exact) mass is 319 g/mol. The molecular formula is C16H21N3O2S. The molecule has 6 heteroatoms. The second-order valence-electron chi connectivity index (χ2n) is 5.50. The van der Waals surface area contributed by atoms with E-state index in [9.17, 15) is 4.79 Å². The summed E-state index contributed by atoms with van der Waals surface area (Å²) in [5.41, 5.74) is 3.42. The van der Waals surface area contributed by atoms with Gasteiger partial charge >= 0.3 is 0 Å². The van der Waals surface area contributed by atoms with Crippen LogP contribution in [0.5, 0.6) is 0 Å². The first-order valence-corrected chi connectivity index (χ1v) is 8.54. The van der Waals surface area contributed by atoms with Crippen LogP contribution in [0.15, 0.2) is 23.0 Å². The third-order valence-corrected chi connectivity index (χ3v) is 4.85. The van der Waals surface area contributed by atoms with Gasteiger partial charge in [-0.3, -0.25) is 9.48 Å². The lowest BCUT2D eigenvalue weighted by Crippen LogP contribution is -2.43. The minimum absolute atomic E-state index is 0.0395. The van der Waals surface area contributed by atoms with Crippen LogP contribution >= 0.6 is 11.3 Å². The Morgan fingerprint density at radius 1 is 1.55 bits per heavy atom. The van der Waals surface area contributed by atoms with Crippen molar-refractivity contribution >= 4 is 17.2 Å². The molecule has 0 bridgehead atoms. The van der Waals surface area contributed by atoms with Gasteiger partial charge in [0.15, 0.2) is 0 Å². The van der Waals surface area contributed by atoms with Crippen molar-refractivity contribution in [1.82, 2.24) is 14.7 Å². The summed E-state index contributed by atoms with van der Waals surface area (Å²) >= 11 is 1.63. The number of rotatable bonds is 5. The van der Waals surface area contributed by atoms with Gasteiger partial charge in [0.25, 0.3) is 0 Å². The number of hydrogen-bond donors (Lipinski definition) is 0. The number of amides is 1. The van der Waals surface area contributed by atoms with E-state index in [4.69, 9.17) is 4.74 Å². The van der Waals surface area contributed by atoms with Crippen LogP contribution in [0.3, 0.4) is 0 Å². The van der Waals surface area contributed by atoms with Crippen molar-refractivity contribution in [2.24, 2.45) is 7.05 Å². The Morgan fingerprint density at radius 3 is 3.14 bits per heavy atom. The Balaban J connectivity index is 1.83. The minimum atomic E-state index is -0.0395. The van der Waals surface area contributed by atoms with Gasteiger partial charge in [-0.2, -0.15) is 16.4 Å². The first-order chi connectivity index (χ1) is 10.7. The van der Waals surface area contributed by atoms with E-state index in [-0.39, 0.29) is 11.9 Å². The van der Waals surface area contributed by atoms with Crippen LogP contribution in [0.4, 0.5) is 0 Å². The normalized spacial score (nSPS) is 17.5. The Hall–Kier alpha value is -1.66. The van der Waals surface area contributed by atoms with E-state index in [1.54, 1.807) is 11.3 Å². The predicted octanol–water partition coefficient (Wildman–Crippen LogP) is 2.19. The van der Waals surface area contributed by atoms with E-state index in [0.717, 1.165) is 24.2 Å². The SMILES string of the molecule is CCOCC1c2c(cnn2C)CCN1C(=O)Cc1ccsc1. The van der Waals surface area contributed by atoms with Crippen LogP contribution in [0.1, 0.15) is 29.8 Å². The van der Waals surface area contributed by atoms with Gasteiger partial charge in [-0.25, -0.2) is 0 Å². The molecule has 2 aromatic rings. The molecule has 22 heavy (non-hydrogen) atoms. The molecule has 3 rings (SSSR count). The van der Waals surface area contributed by atoms with Crippen LogP contribution in [-0.4, -0.2) is 40.3 Å². The van der Waals surface area contributed by atoms with Crippen molar-refractivity contribution in [1.29, 1.82) is 0 Å². The second-order valence-corrected chi connectivity index (χ2v) is 6.28. The lowest BCUT2D eigenvalue weighted by Gasteiger charge is -2.36. The van der Waals surface area contributed by atoms with E-state index in [0.29, 0.717) is 19.6 Å². The number of thiophene rings is 1. The first-order valence-electron chi connectivity index (χ1n) is 7.59. The molecule has 0 aliphatic carbocycles. The molecule has 3 heterocycles. The molecule has 1 unspecified atom stereocenters. The molecule has 0 saturated heterocycles. The van der Waals surface area contributed by atoms with E-state index < -0.39 is 0 Å². The average molecular weight is 319 g/mol. The minimum Gasteiger partial charge on any atom is -0.379 e. The summed E-state index contributed by atoms with van der Waals surface area (Å²) in [5, 5.41) is 8.40. The summed E-state index contributed by atoms with van der Waals surface area (Å²) in [6.45, 7) is 3.89. The molecule has 0 N–H and O–H groups in total. The van der Waals surface area contributed by atoms with Crippen LogP contribution in [-0.2, 0) is 29.4 Å². The highest BCUT2D eigenvalue weighted by Gasteiger charge is 2.33. The van der Waals surface area contributed by atoms with Gasteiger partial charge in [0, 0.05) is 20.2 Å². The van der Waals surface area contributed by atoms with E-state index in [2.05, 4.69) is 5.10 Å². The van der Waals surface area contributed by atoms with Crippen molar-refractivity contribution in [2.45, 2.75) is 25.8 Å². The molecule has 0 radical (unpaired) electrons. The number of carbonyl (C=O) groups is 1. The Kier molecular flexibility index (Phi) is 4.59. The van der Waals surface area contributed by atoms with Gasteiger partial charge in [-0.15, -0.1) is 0 Å². The number of nitrogens with zero attached hydrogens (tertiary/aromatic N) is 3. The molecular weight excluding hydrogens is 298 g/mol. The molecule has 2 aromatic heterocycles. The zero-order valence-corrected chi connectivity index (χ0v) is 13.8. The highest BCUT2D eigenvalue weighted by Crippen LogP contribution is 2.30. The molecule has 1 aliphatic rings. The Labute approximate surface area is 134 Å². The molecule has 1 aliphatic heterocycles. The summed E-state index contributed by atoms with van der Waals surface area (Å²) in [4.78, 5) is 14.7. The van der Waals surface area contributed by atoms with Crippen LogP contribution < -0.4 is 0 Å². The van der Waals surface area contributed by atoms with E-state index in [1.807, 2.05) is 46.6 Å². The number of hydrogen-bond acceptors (Lipinski definition) is 4. The summed E-state index contributed by atoms with van der Waals surface area (Å²) in [7, 11) is 1.94. The van der Waals surface area contributed by atoms with Crippen molar-refractivity contribution in [3.05, 3.63) is 39.8 Å². The highest BCUT2D eigenvalue weighted by molar-refractivity contribution is 7.07. The standard InChI is InChI=1S/C16H21N3O2S/c1-3-21-10-14-16-13(9-17-18(16)2)4-6-19(14)15(20)8-12-5-7-22-11-12/h5,7,9,11,14H,3-4,6,8,10H2,1-2H3. The maximum absolute atomic E-state index is 12.7. The fourth-order valence-corrected chi connectivity index (χ4v) is 3.69. The van der Waals surface area contributed by atoms with E-state index >= 15 is 0 Å². The molecule has 0 aromatic carbocycles. The number of aromatic nitrogens is 2. The lowest BCUT2D eigenvalue weighted by atomic mass is 9.99. The first kappa shape index (κ1) is 15.2. The number of ether oxygens (including phenoxy) is 1. The molecule has 5 nitrogen and oxygen atoms in total. The summed E-state index contributed by atoms with van der Waals surface area (Å²) in [5.74, 6) is 0.162. The zero-order valence-electron chi connectivity index (χ0n) is 13.0. The van der Waals surface area contributed by atoms with Gasteiger partial charge < -0.3 is 9.64 Å². The summed E-state index contributed by atoms with van der Waals surface area (Å²) in [6.07, 6.45) is 3.23. The highest BCUT2D eigenvalue weighted by atomic mass is 32.1. The molecule has 0 spiro atoms. The maximum atomic E-state index is 12.7. The lowest BCUT2D eigenvalue weighted by molar-refractivity contribution is -0.135. The van der Waals surface area contributed by atoms with Crippen molar-refractivity contribution in [2.75, 3.05) is 19.8 Å². The summed E-state index contributed by atoms with van der Waals surface area (Å²) < 4.78 is 7.51. The third-order valence-electron chi connectivity index (χ3n) is 4.11. The average Bonchev–Trinajstić information content (AvgIpc) is 3.15. The third kappa shape index (κ3) is 2.94. The molecule has 1 atom stereocenters. The van der Waals surface area contributed by atoms with Crippen LogP contribution in [0.2, 0.25) is 0 Å². The van der Waals surface area contributed by atoms with Gasteiger partial charge in [0.1, 0.15) is 0 Å². The van der Waals surface area contributed by atoms with Gasteiger partial charge in [0.05, 0.1) is 31.0 Å². The van der Waals surface area contributed by atoms with Gasteiger partial charge in [-0.1, -0.05) is 0 Å². The Morgan fingerprint density at radius 2 is 2.41 bits per heavy atom. The topological polar surface area (TPSA) is 47.4 Å². The molecule has 0 fully saturated rings.